The molecular formula is C20H24ClNO2. The minimum absolute atomic E-state index is 0.463. The fraction of sp³-hybridized carbons (Fsp3) is 0.400. The van der Waals surface area contributed by atoms with E-state index in [0.717, 1.165) is 30.5 Å². The second-order valence-corrected chi connectivity index (χ2v) is 6.73. The molecule has 0 aliphatic heterocycles. The summed E-state index contributed by atoms with van der Waals surface area (Å²) in [7, 11) is 1.61. The SMILES string of the molecule is COc1ccc(CCNCC(O)c2ccc3c(c2)CCC3)cc1Cl. The van der Waals surface area contributed by atoms with Gasteiger partial charge in [-0.15, -0.1) is 0 Å². The fourth-order valence-electron chi connectivity index (χ4n) is 3.25. The number of benzene rings is 2. The third kappa shape index (κ3) is 4.10. The molecule has 0 bridgehead atoms. The maximum Gasteiger partial charge on any atom is 0.137 e. The van der Waals surface area contributed by atoms with Gasteiger partial charge in [0.15, 0.2) is 0 Å². The van der Waals surface area contributed by atoms with Gasteiger partial charge in [-0.3, -0.25) is 0 Å². The van der Waals surface area contributed by atoms with Crippen LogP contribution in [0.25, 0.3) is 0 Å². The van der Waals surface area contributed by atoms with Crippen LogP contribution in [0.2, 0.25) is 5.02 Å². The first-order valence-electron chi connectivity index (χ1n) is 8.50. The molecule has 0 radical (unpaired) electrons. The molecule has 2 aromatic carbocycles. The van der Waals surface area contributed by atoms with Gasteiger partial charge in [0.25, 0.3) is 0 Å². The molecule has 3 rings (SSSR count). The molecule has 0 amide bonds. The van der Waals surface area contributed by atoms with Gasteiger partial charge in [0.2, 0.25) is 0 Å². The molecular weight excluding hydrogens is 322 g/mol. The van der Waals surface area contributed by atoms with Crippen LogP contribution in [0.4, 0.5) is 0 Å². The van der Waals surface area contributed by atoms with E-state index in [1.807, 2.05) is 18.2 Å². The number of hydrogen-bond donors (Lipinski definition) is 2. The fourth-order valence-corrected chi connectivity index (χ4v) is 3.53. The van der Waals surface area contributed by atoms with Crippen LogP contribution >= 0.6 is 11.6 Å². The van der Waals surface area contributed by atoms with Gasteiger partial charge in [0.1, 0.15) is 5.75 Å². The predicted molar refractivity (Wildman–Crippen MR) is 98.0 cm³/mol. The van der Waals surface area contributed by atoms with Gasteiger partial charge in [-0.2, -0.15) is 0 Å². The third-order valence-electron chi connectivity index (χ3n) is 4.65. The number of aliphatic hydroxyl groups is 1. The zero-order chi connectivity index (χ0) is 16.9. The zero-order valence-corrected chi connectivity index (χ0v) is 14.8. The molecule has 0 saturated heterocycles. The van der Waals surface area contributed by atoms with Crippen LogP contribution in [-0.4, -0.2) is 25.3 Å². The Bertz CT molecular complexity index is 702. The summed E-state index contributed by atoms with van der Waals surface area (Å²) in [6, 6.07) is 12.2. The first-order valence-corrected chi connectivity index (χ1v) is 8.88. The van der Waals surface area contributed by atoms with Crippen molar-refractivity contribution < 1.29 is 9.84 Å². The summed E-state index contributed by atoms with van der Waals surface area (Å²) in [5, 5.41) is 14.3. The van der Waals surface area contributed by atoms with E-state index < -0.39 is 6.10 Å². The second kappa shape index (κ2) is 8.02. The highest BCUT2D eigenvalue weighted by atomic mass is 35.5. The maximum atomic E-state index is 10.4. The van der Waals surface area contributed by atoms with E-state index in [1.165, 1.54) is 24.0 Å². The van der Waals surface area contributed by atoms with Crippen molar-refractivity contribution in [3.63, 3.8) is 0 Å². The van der Waals surface area contributed by atoms with Gasteiger partial charge in [-0.05, 0) is 66.6 Å². The average molecular weight is 346 g/mol. The van der Waals surface area contributed by atoms with Crippen molar-refractivity contribution in [3.05, 3.63) is 63.7 Å². The lowest BCUT2D eigenvalue weighted by atomic mass is 10.0. The monoisotopic (exact) mass is 345 g/mol. The Kier molecular flexibility index (Phi) is 5.77. The summed E-state index contributed by atoms with van der Waals surface area (Å²) in [5.74, 6) is 0.695. The molecule has 0 fully saturated rings. The summed E-state index contributed by atoms with van der Waals surface area (Å²) >= 11 is 6.13. The number of hydrogen-bond acceptors (Lipinski definition) is 3. The van der Waals surface area contributed by atoms with E-state index in [1.54, 1.807) is 7.11 Å². The first-order chi connectivity index (χ1) is 11.7. The molecule has 4 heteroatoms. The summed E-state index contributed by atoms with van der Waals surface area (Å²) in [4.78, 5) is 0. The molecule has 1 aliphatic carbocycles. The van der Waals surface area contributed by atoms with Crippen molar-refractivity contribution in [1.29, 1.82) is 0 Å². The van der Waals surface area contributed by atoms with Gasteiger partial charge in [0.05, 0.1) is 18.2 Å². The van der Waals surface area contributed by atoms with Gasteiger partial charge in [0, 0.05) is 6.54 Å². The van der Waals surface area contributed by atoms with Crippen molar-refractivity contribution in [2.45, 2.75) is 31.8 Å². The third-order valence-corrected chi connectivity index (χ3v) is 4.95. The number of ether oxygens (including phenoxy) is 1. The number of aryl methyl sites for hydroxylation is 2. The predicted octanol–water partition coefficient (Wildman–Crippen LogP) is 3.70. The topological polar surface area (TPSA) is 41.5 Å². The second-order valence-electron chi connectivity index (χ2n) is 6.32. The largest absolute Gasteiger partial charge is 0.495 e. The molecule has 3 nitrogen and oxygen atoms in total. The molecule has 1 unspecified atom stereocenters. The van der Waals surface area contributed by atoms with Crippen molar-refractivity contribution in [2.75, 3.05) is 20.2 Å². The van der Waals surface area contributed by atoms with Crippen LogP contribution in [0.5, 0.6) is 5.75 Å². The van der Waals surface area contributed by atoms with Gasteiger partial charge in [-0.25, -0.2) is 0 Å². The van der Waals surface area contributed by atoms with Crippen LogP contribution in [0.15, 0.2) is 36.4 Å². The quantitative estimate of drug-likeness (QED) is 0.752. The summed E-state index contributed by atoms with van der Waals surface area (Å²) in [6.07, 6.45) is 3.95. The average Bonchev–Trinajstić information content (AvgIpc) is 3.06. The van der Waals surface area contributed by atoms with Crippen LogP contribution < -0.4 is 10.1 Å². The molecule has 128 valence electrons. The van der Waals surface area contributed by atoms with E-state index >= 15 is 0 Å². The van der Waals surface area contributed by atoms with E-state index in [4.69, 9.17) is 16.3 Å². The van der Waals surface area contributed by atoms with Crippen LogP contribution in [0.1, 0.15) is 34.8 Å². The Morgan fingerprint density at radius 2 is 2.00 bits per heavy atom. The number of rotatable bonds is 7. The number of fused-ring (bicyclic) bond motifs is 1. The highest BCUT2D eigenvalue weighted by Gasteiger charge is 2.14. The van der Waals surface area contributed by atoms with Crippen molar-refractivity contribution in [3.8, 4) is 5.75 Å². The normalized spacial score (nSPS) is 14.5. The number of methoxy groups -OCH3 is 1. The Morgan fingerprint density at radius 3 is 2.79 bits per heavy atom. The summed E-state index contributed by atoms with van der Waals surface area (Å²) in [5.41, 5.74) is 5.01. The standard InChI is InChI=1S/C20H24ClNO2/c1-24-20-8-5-14(11-18(20)21)9-10-22-13-19(23)17-7-6-15-3-2-4-16(15)12-17/h5-8,11-12,19,22-23H,2-4,9-10,13H2,1H3. The summed E-state index contributed by atoms with van der Waals surface area (Å²) in [6.45, 7) is 1.35. The van der Waals surface area contributed by atoms with E-state index in [9.17, 15) is 5.11 Å². The lowest BCUT2D eigenvalue weighted by molar-refractivity contribution is 0.175. The smallest absolute Gasteiger partial charge is 0.137 e. The molecule has 0 aromatic heterocycles. The van der Waals surface area contributed by atoms with Crippen molar-refractivity contribution >= 4 is 11.6 Å². The first kappa shape index (κ1) is 17.3. The van der Waals surface area contributed by atoms with E-state index in [-0.39, 0.29) is 0 Å². The van der Waals surface area contributed by atoms with E-state index in [0.29, 0.717) is 17.3 Å². The Balaban J connectivity index is 1.47. The molecule has 1 atom stereocenters. The van der Waals surface area contributed by atoms with Crippen molar-refractivity contribution in [1.82, 2.24) is 5.32 Å². The Hall–Kier alpha value is -1.55. The molecule has 0 spiro atoms. The molecule has 2 N–H and O–H groups in total. The lowest BCUT2D eigenvalue weighted by Crippen LogP contribution is -2.23. The molecule has 0 saturated carbocycles. The molecule has 1 aliphatic rings. The zero-order valence-electron chi connectivity index (χ0n) is 14.0. The molecule has 2 aromatic rings. The number of halogens is 1. The van der Waals surface area contributed by atoms with Crippen LogP contribution in [0, 0.1) is 0 Å². The number of aliphatic hydroxyl groups excluding tert-OH is 1. The highest BCUT2D eigenvalue weighted by molar-refractivity contribution is 6.32. The minimum Gasteiger partial charge on any atom is -0.495 e. The van der Waals surface area contributed by atoms with Gasteiger partial charge >= 0.3 is 0 Å². The van der Waals surface area contributed by atoms with Crippen LogP contribution in [-0.2, 0) is 19.3 Å². The number of nitrogens with one attached hydrogen (secondary N) is 1. The molecule has 24 heavy (non-hydrogen) atoms. The van der Waals surface area contributed by atoms with Gasteiger partial charge in [-0.1, -0.05) is 35.9 Å². The van der Waals surface area contributed by atoms with Crippen molar-refractivity contribution in [2.24, 2.45) is 0 Å². The Morgan fingerprint density at radius 1 is 1.17 bits per heavy atom. The molecule has 0 heterocycles. The maximum absolute atomic E-state index is 10.4. The lowest BCUT2D eigenvalue weighted by Gasteiger charge is -2.14. The highest BCUT2D eigenvalue weighted by Crippen LogP contribution is 2.26. The van der Waals surface area contributed by atoms with E-state index in [2.05, 4.69) is 23.5 Å². The van der Waals surface area contributed by atoms with Crippen LogP contribution in [0.3, 0.4) is 0 Å². The van der Waals surface area contributed by atoms with Gasteiger partial charge < -0.3 is 15.2 Å². The minimum atomic E-state index is -0.463. The Labute approximate surface area is 148 Å². The summed E-state index contributed by atoms with van der Waals surface area (Å²) < 4.78 is 5.16.